The lowest BCUT2D eigenvalue weighted by Crippen LogP contribution is -2.45. The number of sulfonamides is 1. The summed E-state index contributed by atoms with van der Waals surface area (Å²) < 4.78 is 39.5. The molecule has 0 saturated carbocycles. The molecule has 0 spiro atoms. The minimum atomic E-state index is -3.99. The second kappa shape index (κ2) is 10.5. The first-order chi connectivity index (χ1) is 15.7. The first-order valence-electron chi connectivity index (χ1n) is 10.4. The van der Waals surface area contributed by atoms with E-state index in [9.17, 15) is 13.2 Å². The maximum Gasteiger partial charge on any atom is 0.243 e. The van der Waals surface area contributed by atoms with E-state index in [1.165, 1.54) is 26.4 Å². The van der Waals surface area contributed by atoms with Crippen LogP contribution in [0.3, 0.4) is 0 Å². The van der Waals surface area contributed by atoms with Crippen molar-refractivity contribution in [3.05, 3.63) is 83.4 Å². The molecule has 3 rings (SSSR count). The normalized spacial score (nSPS) is 12.1. The molecule has 0 fully saturated rings. The molecule has 0 aliphatic heterocycles. The number of benzene rings is 3. The van der Waals surface area contributed by atoms with Crippen LogP contribution in [-0.4, -0.2) is 34.6 Å². The molecule has 2 N–H and O–H groups in total. The van der Waals surface area contributed by atoms with Gasteiger partial charge < -0.3 is 14.8 Å². The van der Waals surface area contributed by atoms with E-state index in [-0.39, 0.29) is 11.3 Å². The van der Waals surface area contributed by atoms with Crippen LogP contribution >= 0.6 is 0 Å². The zero-order valence-corrected chi connectivity index (χ0v) is 19.9. The Morgan fingerprint density at radius 3 is 2.21 bits per heavy atom. The Balaban J connectivity index is 1.92. The molecule has 0 heterocycles. The van der Waals surface area contributed by atoms with Gasteiger partial charge >= 0.3 is 0 Å². The number of carbonyl (C=O) groups is 1. The van der Waals surface area contributed by atoms with Crippen molar-refractivity contribution in [1.29, 1.82) is 0 Å². The molecule has 174 valence electrons. The maximum atomic E-state index is 13.3. The largest absolute Gasteiger partial charge is 0.496 e. The van der Waals surface area contributed by atoms with Crippen LogP contribution < -0.4 is 19.5 Å². The summed E-state index contributed by atoms with van der Waals surface area (Å²) in [7, 11) is -0.953. The van der Waals surface area contributed by atoms with E-state index in [4.69, 9.17) is 9.47 Å². The minimum Gasteiger partial charge on any atom is -0.496 e. The van der Waals surface area contributed by atoms with Gasteiger partial charge in [-0.05, 0) is 67.3 Å². The van der Waals surface area contributed by atoms with E-state index in [0.29, 0.717) is 22.7 Å². The van der Waals surface area contributed by atoms with Crippen LogP contribution in [-0.2, 0) is 21.2 Å². The number of amides is 1. The summed E-state index contributed by atoms with van der Waals surface area (Å²) >= 11 is 0. The van der Waals surface area contributed by atoms with Gasteiger partial charge in [-0.1, -0.05) is 36.4 Å². The maximum absolute atomic E-state index is 13.3. The van der Waals surface area contributed by atoms with Crippen LogP contribution in [0.4, 0.5) is 5.69 Å². The zero-order valence-electron chi connectivity index (χ0n) is 19.1. The highest BCUT2D eigenvalue weighted by Crippen LogP contribution is 2.26. The number of ether oxygens (including phenoxy) is 2. The number of hydrogen-bond donors (Lipinski definition) is 2. The summed E-state index contributed by atoms with van der Waals surface area (Å²) in [5, 5.41) is 2.82. The Hall–Kier alpha value is -3.36. The number of hydrogen-bond acceptors (Lipinski definition) is 5. The van der Waals surface area contributed by atoms with Crippen LogP contribution in [0.2, 0.25) is 0 Å². The SMILES string of the molecule is COc1ccc(S(=O)(=O)NC(Cc2ccccc2)C(=O)Nc2cc(C)ccc2OC)cc1C. The molecule has 8 heteroatoms. The third-order valence-corrected chi connectivity index (χ3v) is 6.66. The van der Waals surface area contributed by atoms with Gasteiger partial charge in [-0.25, -0.2) is 8.42 Å². The lowest BCUT2D eigenvalue weighted by molar-refractivity contribution is -0.117. The molecule has 33 heavy (non-hydrogen) atoms. The molecule has 0 aliphatic rings. The Morgan fingerprint density at radius 1 is 0.909 bits per heavy atom. The number of nitrogens with one attached hydrogen (secondary N) is 2. The van der Waals surface area contributed by atoms with E-state index in [1.807, 2.05) is 43.3 Å². The van der Waals surface area contributed by atoms with E-state index in [2.05, 4.69) is 10.0 Å². The predicted octanol–water partition coefficient (Wildman–Crippen LogP) is 3.85. The average molecular weight is 469 g/mol. The molecule has 1 atom stereocenters. The van der Waals surface area contributed by atoms with Crippen molar-refractivity contribution in [1.82, 2.24) is 4.72 Å². The number of methoxy groups -OCH3 is 2. The van der Waals surface area contributed by atoms with Crippen molar-refractivity contribution < 1.29 is 22.7 Å². The molecule has 1 unspecified atom stereocenters. The Bertz CT molecular complexity index is 1230. The van der Waals surface area contributed by atoms with Gasteiger partial charge in [-0.2, -0.15) is 4.72 Å². The molecule has 0 saturated heterocycles. The molecule has 0 radical (unpaired) electrons. The lowest BCUT2D eigenvalue weighted by Gasteiger charge is -2.20. The number of rotatable bonds is 9. The fourth-order valence-corrected chi connectivity index (χ4v) is 4.73. The molecular weight excluding hydrogens is 440 g/mol. The van der Waals surface area contributed by atoms with Crippen molar-refractivity contribution >= 4 is 21.6 Å². The lowest BCUT2D eigenvalue weighted by atomic mass is 10.1. The van der Waals surface area contributed by atoms with Gasteiger partial charge in [-0.3, -0.25) is 4.79 Å². The summed E-state index contributed by atoms with van der Waals surface area (Å²) in [5.74, 6) is 0.580. The molecular formula is C25H28N2O5S. The highest BCUT2D eigenvalue weighted by molar-refractivity contribution is 7.89. The van der Waals surface area contributed by atoms with Crippen molar-refractivity contribution in [2.45, 2.75) is 31.2 Å². The summed E-state index contributed by atoms with van der Waals surface area (Å²) in [5.41, 5.74) is 2.90. The summed E-state index contributed by atoms with van der Waals surface area (Å²) in [4.78, 5) is 13.3. The molecule has 0 bridgehead atoms. The fraction of sp³-hybridized carbons (Fsp3) is 0.240. The smallest absolute Gasteiger partial charge is 0.243 e. The number of aryl methyl sites for hydroxylation is 2. The Morgan fingerprint density at radius 2 is 1.58 bits per heavy atom. The first kappa shape index (κ1) is 24.3. The van der Waals surface area contributed by atoms with Crippen molar-refractivity contribution in [2.24, 2.45) is 0 Å². The summed E-state index contributed by atoms with van der Waals surface area (Å²) in [6.07, 6.45) is 0.176. The highest BCUT2D eigenvalue weighted by atomic mass is 32.2. The second-order valence-electron chi connectivity index (χ2n) is 7.69. The Kier molecular flexibility index (Phi) is 7.73. The van der Waals surface area contributed by atoms with Gasteiger partial charge in [-0.15, -0.1) is 0 Å². The average Bonchev–Trinajstić information content (AvgIpc) is 2.79. The van der Waals surface area contributed by atoms with Crippen LogP contribution in [0, 0.1) is 13.8 Å². The quantitative estimate of drug-likeness (QED) is 0.498. The van der Waals surface area contributed by atoms with Gasteiger partial charge in [0, 0.05) is 0 Å². The van der Waals surface area contributed by atoms with Crippen LogP contribution in [0.1, 0.15) is 16.7 Å². The number of anilines is 1. The van der Waals surface area contributed by atoms with Gasteiger partial charge in [0.2, 0.25) is 15.9 Å². The van der Waals surface area contributed by atoms with Crippen LogP contribution in [0.15, 0.2) is 71.6 Å². The van der Waals surface area contributed by atoms with E-state index in [1.54, 1.807) is 25.1 Å². The topological polar surface area (TPSA) is 93.7 Å². The van der Waals surface area contributed by atoms with Gasteiger partial charge in [0.15, 0.2) is 0 Å². The third kappa shape index (κ3) is 6.12. The standard InChI is InChI=1S/C25H28N2O5S/c1-17-10-12-24(32-4)21(14-17)26-25(28)22(16-19-8-6-5-7-9-19)27-33(29,30)20-11-13-23(31-3)18(2)15-20/h5-15,22,27H,16H2,1-4H3,(H,26,28). The number of carbonyl (C=O) groups excluding carboxylic acids is 1. The highest BCUT2D eigenvalue weighted by Gasteiger charge is 2.27. The minimum absolute atomic E-state index is 0.0554. The Labute approximate surface area is 194 Å². The zero-order chi connectivity index (χ0) is 24.0. The molecule has 7 nitrogen and oxygen atoms in total. The van der Waals surface area contributed by atoms with Crippen molar-refractivity contribution in [3.63, 3.8) is 0 Å². The van der Waals surface area contributed by atoms with Crippen LogP contribution in [0.25, 0.3) is 0 Å². The van der Waals surface area contributed by atoms with E-state index in [0.717, 1.165) is 11.1 Å². The predicted molar refractivity (Wildman–Crippen MR) is 128 cm³/mol. The monoisotopic (exact) mass is 468 g/mol. The molecule has 1 amide bonds. The van der Waals surface area contributed by atoms with Gasteiger partial charge in [0.1, 0.15) is 17.5 Å². The summed E-state index contributed by atoms with van der Waals surface area (Å²) in [6.45, 7) is 3.65. The van der Waals surface area contributed by atoms with Crippen molar-refractivity contribution in [2.75, 3.05) is 19.5 Å². The third-order valence-electron chi connectivity index (χ3n) is 5.19. The summed E-state index contributed by atoms with van der Waals surface area (Å²) in [6, 6.07) is 18.1. The van der Waals surface area contributed by atoms with Crippen molar-refractivity contribution in [3.8, 4) is 11.5 Å². The molecule has 3 aromatic rings. The van der Waals surface area contributed by atoms with E-state index < -0.39 is 22.0 Å². The molecule has 0 aliphatic carbocycles. The molecule has 3 aromatic carbocycles. The molecule has 0 aromatic heterocycles. The van der Waals surface area contributed by atoms with Crippen LogP contribution in [0.5, 0.6) is 11.5 Å². The fourth-order valence-electron chi connectivity index (χ4n) is 3.45. The van der Waals surface area contributed by atoms with Gasteiger partial charge in [0.25, 0.3) is 0 Å². The van der Waals surface area contributed by atoms with E-state index >= 15 is 0 Å². The van der Waals surface area contributed by atoms with Gasteiger partial charge in [0.05, 0.1) is 24.8 Å². The second-order valence-corrected chi connectivity index (χ2v) is 9.40. The first-order valence-corrected chi connectivity index (χ1v) is 11.9.